The smallest absolute Gasteiger partial charge is 1.00 e. The topological polar surface area (TPSA) is 0 Å². The Labute approximate surface area is 227 Å². The third-order valence-corrected chi connectivity index (χ3v) is 34.0. The Morgan fingerprint density at radius 2 is 1.35 bits per heavy atom. The minimum Gasteiger partial charge on any atom is -1.00 e. The van der Waals surface area contributed by atoms with E-state index in [9.17, 15) is 0 Å². The fourth-order valence-electron chi connectivity index (χ4n) is 7.47. The molecule has 4 aliphatic rings. The van der Waals surface area contributed by atoms with Gasteiger partial charge in [0.05, 0.1) is 0 Å². The van der Waals surface area contributed by atoms with Gasteiger partial charge in [-0.25, -0.2) is 0 Å². The molecule has 2 aromatic carbocycles. The molecule has 0 atom stereocenters. The number of hydrogen-bond donors (Lipinski definition) is 0. The number of hydrogen-bond acceptors (Lipinski definition) is 0. The number of fused-ring (bicyclic) bond motifs is 3. The molecule has 4 heteroatoms. The molecule has 0 bridgehead atoms. The van der Waals surface area contributed by atoms with Crippen LogP contribution in [0.2, 0.25) is 11.1 Å². The summed E-state index contributed by atoms with van der Waals surface area (Å²) in [6.07, 6.45) is 25.4. The SMILES string of the molecule is C1=CC[C]([Zr+2]([c]2cccc3c2Cc2ccccc2-3)[SiH](C2CCCCC2)C2CCCCC2)=C1.[Cl-].[Cl-]. The Bertz CT molecular complexity index is 1020. The molecule has 0 unspecified atom stereocenters. The Kier molecular flexibility index (Phi) is 9.59. The van der Waals surface area contributed by atoms with E-state index in [-0.39, 0.29) is 24.8 Å². The van der Waals surface area contributed by atoms with E-state index in [4.69, 9.17) is 0 Å². The maximum absolute atomic E-state index is 2.64. The Morgan fingerprint density at radius 3 is 2.00 bits per heavy atom. The third kappa shape index (κ3) is 5.18. The van der Waals surface area contributed by atoms with Gasteiger partial charge in [0.25, 0.3) is 0 Å². The van der Waals surface area contributed by atoms with Crippen molar-refractivity contribution in [3.8, 4) is 11.1 Å². The van der Waals surface area contributed by atoms with Gasteiger partial charge in [-0.05, 0) is 0 Å². The van der Waals surface area contributed by atoms with Gasteiger partial charge < -0.3 is 24.8 Å². The minimum atomic E-state index is -1.93. The molecule has 2 aromatic rings. The van der Waals surface area contributed by atoms with Gasteiger partial charge >= 0.3 is 204 Å². The van der Waals surface area contributed by atoms with Crippen molar-refractivity contribution in [1.29, 1.82) is 0 Å². The van der Waals surface area contributed by atoms with E-state index in [0.29, 0.717) is 0 Å². The maximum Gasteiger partial charge on any atom is -1.00 e. The van der Waals surface area contributed by atoms with Gasteiger partial charge in [0.1, 0.15) is 0 Å². The van der Waals surface area contributed by atoms with Crippen LogP contribution < -0.4 is 28.1 Å². The van der Waals surface area contributed by atoms with Crippen molar-refractivity contribution in [3.63, 3.8) is 0 Å². The van der Waals surface area contributed by atoms with E-state index in [1.807, 2.05) is 6.55 Å². The predicted molar refractivity (Wildman–Crippen MR) is 137 cm³/mol. The summed E-state index contributed by atoms with van der Waals surface area (Å²) in [6.45, 7) is 0. The molecule has 0 radical (unpaired) electrons. The van der Waals surface area contributed by atoms with Gasteiger partial charge in [-0.1, -0.05) is 0 Å². The van der Waals surface area contributed by atoms with Gasteiger partial charge in [-0.3, -0.25) is 0 Å². The van der Waals surface area contributed by atoms with Crippen molar-refractivity contribution in [3.05, 3.63) is 75.1 Å². The quantitative estimate of drug-likeness (QED) is 0.399. The van der Waals surface area contributed by atoms with Gasteiger partial charge in [-0.2, -0.15) is 0 Å². The standard InChI is InChI=1S/C13H9.C12H23Si.C5H5.2ClH.Zr/c1-3-7-12-10(5-1)9-11-6-2-4-8-13(11)12;1-3-7-11(8-4-1)13-12-9-5-2-6-10-12;1-2-4-5-3-1;;;/h1-5,7-8H,9H2;11-13H,1-10H2;1-3H,4H2;2*1H;/q;;;;;+2/p-2. The van der Waals surface area contributed by atoms with E-state index >= 15 is 0 Å². The molecular formula is C30H37Cl2SiZr. The first-order valence-electron chi connectivity index (χ1n) is 13.3. The third-order valence-electron chi connectivity index (χ3n) is 8.91. The zero-order valence-corrected chi connectivity index (χ0v) is 25.4. The molecule has 2 fully saturated rings. The maximum atomic E-state index is 2.64. The van der Waals surface area contributed by atoms with Crippen molar-refractivity contribution < 1.29 is 45.7 Å². The molecule has 0 heterocycles. The predicted octanol–water partition coefficient (Wildman–Crippen LogP) is 1.75. The van der Waals surface area contributed by atoms with Crippen LogP contribution in [0.3, 0.4) is 0 Å². The van der Waals surface area contributed by atoms with Crippen LogP contribution in [0.5, 0.6) is 0 Å². The van der Waals surface area contributed by atoms with Gasteiger partial charge in [0, 0.05) is 0 Å². The molecule has 0 N–H and O–H groups in total. The average Bonchev–Trinajstić information content (AvgIpc) is 3.52. The average molecular weight is 588 g/mol. The van der Waals surface area contributed by atoms with Crippen LogP contribution >= 0.6 is 0 Å². The van der Waals surface area contributed by atoms with Crippen LogP contribution in [-0.4, -0.2) is 5.92 Å². The van der Waals surface area contributed by atoms with Crippen molar-refractivity contribution in [2.75, 3.05) is 0 Å². The second kappa shape index (κ2) is 12.2. The van der Waals surface area contributed by atoms with E-state index in [1.165, 1.54) is 56.9 Å². The number of allylic oxidation sites excluding steroid dienone is 4. The largest absolute Gasteiger partial charge is 1.00 e. The summed E-state index contributed by atoms with van der Waals surface area (Å²) in [5, 5.41) is 0. The van der Waals surface area contributed by atoms with E-state index in [2.05, 4.69) is 60.7 Å². The molecule has 6 rings (SSSR count). The molecule has 0 nitrogen and oxygen atoms in total. The Morgan fingerprint density at radius 1 is 0.706 bits per heavy atom. The zero-order valence-electron chi connectivity index (χ0n) is 20.2. The summed E-state index contributed by atoms with van der Waals surface area (Å²) in [7, 11) is 0. The van der Waals surface area contributed by atoms with Crippen molar-refractivity contribution >= 4 is 9.19 Å². The van der Waals surface area contributed by atoms with Crippen LogP contribution in [0.1, 0.15) is 81.8 Å². The number of rotatable bonds is 5. The van der Waals surface area contributed by atoms with E-state index < -0.39 is 26.8 Å². The molecule has 34 heavy (non-hydrogen) atoms. The summed E-state index contributed by atoms with van der Waals surface area (Å²) < 4.78 is 3.90. The number of halogens is 2. The molecule has 0 spiro atoms. The summed E-state index contributed by atoms with van der Waals surface area (Å²) >= 11 is -1.93. The monoisotopic (exact) mass is 585 g/mol. The molecule has 0 aromatic heterocycles. The van der Waals surface area contributed by atoms with Crippen molar-refractivity contribution in [1.82, 2.24) is 0 Å². The van der Waals surface area contributed by atoms with Crippen molar-refractivity contribution in [2.45, 2.75) is 88.1 Å². The van der Waals surface area contributed by atoms with Crippen molar-refractivity contribution in [2.24, 2.45) is 0 Å². The molecule has 179 valence electrons. The van der Waals surface area contributed by atoms with Crippen LogP contribution in [0.15, 0.2) is 64.0 Å². The Hall–Kier alpha value is -0.400. The van der Waals surface area contributed by atoms with E-state index in [0.717, 1.165) is 11.1 Å². The molecule has 2 saturated carbocycles. The zero-order chi connectivity index (χ0) is 21.3. The fourth-order valence-corrected chi connectivity index (χ4v) is 37.3. The molecule has 0 aliphatic heterocycles. The fraction of sp³-hybridized carbons (Fsp3) is 0.467. The van der Waals surface area contributed by atoms with Crippen LogP contribution in [0.4, 0.5) is 0 Å². The van der Waals surface area contributed by atoms with Crippen LogP contribution in [-0.2, 0) is 27.3 Å². The summed E-state index contributed by atoms with van der Waals surface area (Å²) in [5.74, 6) is -0.835. The van der Waals surface area contributed by atoms with Gasteiger partial charge in [-0.15, -0.1) is 0 Å². The van der Waals surface area contributed by atoms with E-state index in [1.54, 1.807) is 42.4 Å². The van der Waals surface area contributed by atoms with Gasteiger partial charge in [0.15, 0.2) is 0 Å². The normalized spacial score (nSPS) is 19.7. The van der Waals surface area contributed by atoms with Crippen LogP contribution in [0.25, 0.3) is 11.1 Å². The first kappa shape index (κ1) is 26.7. The van der Waals surface area contributed by atoms with Gasteiger partial charge in [0.2, 0.25) is 0 Å². The molecule has 0 saturated heterocycles. The molecule has 0 amide bonds. The Balaban J connectivity index is 0.00000137. The second-order valence-corrected chi connectivity index (χ2v) is 26.9. The summed E-state index contributed by atoms with van der Waals surface area (Å²) in [6, 6.07) is 16.8. The molecular weight excluding hydrogens is 551 g/mol. The minimum absolute atomic E-state index is 0. The van der Waals surface area contributed by atoms with Crippen LogP contribution in [0, 0.1) is 0 Å². The first-order chi connectivity index (χ1) is 15.9. The molecule has 4 aliphatic carbocycles. The summed E-state index contributed by atoms with van der Waals surface area (Å²) in [5.41, 5.74) is 8.73. The first-order valence-corrected chi connectivity index (χ1v) is 22.0. The second-order valence-electron chi connectivity index (χ2n) is 10.7. The number of benzene rings is 2. The summed E-state index contributed by atoms with van der Waals surface area (Å²) in [4.78, 5) is 0.